The molecule has 0 saturated carbocycles. The van der Waals surface area contributed by atoms with Crippen LogP contribution in [-0.4, -0.2) is 45.1 Å². The molecule has 0 bridgehead atoms. The monoisotopic (exact) mass is 390 g/mol. The van der Waals surface area contributed by atoms with Gasteiger partial charge < -0.3 is 10.1 Å². The SMILES string of the molecule is Cc1cc(OC2CN(SCC(C)C)C2)cc(C(=O)Nc2ccc(F)cn2)n1. The smallest absolute Gasteiger partial charge is 0.275 e. The molecule has 1 amide bonds. The van der Waals surface area contributed by atoms with Gasteiger partial charge in [0.1, 0.15) is 29.2 Å². The number of ether oxygens (including phenoxy) is 1. The summed E-state index contributed by atoms with van der Waals surface area (Å²) in [7, 11) is 0. The summed E-state index contributed by atoms with van der Waals surface area (Å²) in [5, 5.41) is 2.61. The molecule has 27 heavy (non-hydrogen) atoms. The second-order valence-corrected chi connectivity index (χ2v) is 8.03. The predicted molar refractivity (Wildman–Crippen MR) is 104 cm³/mol. The van der Waals surface area contributed by atoms with Crippen molar-refractivity contribution in [1.82, 2.24) is 14.3 Å². The van der Waals surface area contributed by atoms with Crippen LogP contribution in [0.15, 0.2) is 30.5 Å². The molecule has 2 aromatic rings. The van der Waals surface area contributed by atoms with E-state index in [1.165, 1.54) is 12.1 Å². The van der Waals surface area contributed by atoms with Crippen molar-refractivity contribution in [2.75, 3.05) is 24.2 Å². The van der Waals surface area contributed by atoms with E-state index in [0.717, 1.165) is 25.0 Å². The first kappa shape index (κ1) is 19.6. The van der Waals surface area contributed by atoms with Crippen LogP contribution in [0, 0.1) is 18.7 Å². The molecule has 0 atom stereocenters. The Hall–Kier alpha value is -2.19. The van der Waals surface area contributed by atoms with E-state index in [-0.39, 0.29) is 17.6 Å². The van der Waals surface area contributed by atoms with Crippen LogP contribution in [0.3, 0.4) is 0 Å². The summed E-state index contributed by atoms with van der Waals surface area (Å²) in [5.41, 5.74) is 0.927. The van der Waals surface area contributed by atoms with Crippen LogP contribution >= 0.6 is 11.9 Å². The molecular formula is C19H23FN4O2S. The quantitative estimate of drug-likeness (QED) is 0.730. The summed E-state index contributed by atoms with van der Waals surface area (Å²) < 4.78 is 21.2. The van der Waals surface area contributed by atoms with Gasteiger partial charge in [-0.2, -0.15) is 0 Å². The number of hydrogen-bond acceptors (Lipinski definition) is 6. The molecule has 1 saturated heterocycles. The molecule has 3 heterocycles. The summed E-state index contributed by atoms with van der Waals surface area (Å²) in [6.45, 7) is 7.94. The van der Waals surface area contributed by atoms with Crippen molar-refractivity contribution in [3.05, 3.63) is 47.7 Å². The van der Waals surface area contributed by atoms with E-state index in [2.05, 4.69) is 33.4 Å². The summed E-state index contributed by atoms with van der Waals surface area (Å²) >= 11 is 1.84. The third kappa shape index (κ3) is 5.64. The van der Waals surface area contributed by atoms with Crippen LogP contribution in [-0.2, 0) is 0 Å². The average molecular weight is 390 g/mol. The zero-order valence-electron chi connectivity index (χ0n) is 15.6. The van der Waals surface area contributed by atoms with E-state index in [9.17, 15) is 9.18 Å². The number of aryl methyl sites for hydroxylation is 1. The van der Waals surface area contributed by atoms with Gasteiger partial charge in [-0.3, -0.25) is 4.79 Å². The first-order valence-corrected chi connectivity index (χ1v) is 9.79. The number of carbonyl (C=O) groups is 1. The van der Waals surface area contributed by atoms with Crippen LogP contribution in [0.4, 0.5) is 10.2 Å². The van der Waals surface area contributed by atoms with Crippen LogP contribution in [0.2, 0.25) is 0 Å². The number of hydrogen-bond donors (Lipinski definition) is 1. The minimum atomic E-state index is -0.460. The molecule has 8 heteroatoms. The Morgan fingerprint density at radius 2 is 2.19 bits per heavy atom. The van der Waals surface area contributed by atoms with E-state index in [0.29, 0.717) is 17.4 Å². The van der Waals surface area contributed by atoms with Gasteiger partial charge in [-0.15, -0.1) is 0 Å². The topological polar surface area (TPSA) is 67.3 Å². The van der Waals surface area contributed by atoms with Gasteiger partial charge in [-0.05, 0) is 25.0 Å². The van der Waals surface area contributed by atoms with Gasteiger partial charge in [-0.1, -0.05) is 25.8 Å². The number of anilines is 1. The highest BCUT2D eigenvalue weighted by molar-refractivity contribution is 7.97. The van der Waals surface area contributed by atoms with Gasteiger partial charge in [0.15, 0.2) is 0 Å². The fourth-order valence-electron chi connectivity index (χ4n) is 2.48. The van der Waals surface area contributed by atoms with Gasteiger partial charge in [0.05, 0.1) is 6.20 Å². The zero-order chi connectivity index (χ0) is 19.4. The Labute approximate surface area is 162 Å². The van der Waals surface area contributed by atoms with Gasteiger partial charge in [0, 0.05) is 36.7 Å². The number of rotatable bonds is 7. The van der Waals surface area contributed by atoms with Crippen LogP contribution in [0.5, 0.6) is 5.75 Å². The largest absolute Gasteiger partial charge is 0.488 e. The minimum Gasteiger partial charge on any atom is -0.488 e. The van der Waals surface area contributed by atoms with Crippen molar-refractivity contribution >= 4 is 23.7 Å². The van der Waals surface area contributed by atoms with Crippen molar-refractivity contribution in [2.24, 2.45) is 5.92 Å². The first-order chi connectivity index (χ1) is 12.9. The number of aromatic nitrogens is 2. The lowest BCUT2D eigenvalue weighted by Crippen LogP contribution is -2.50. The number of carbonyl (C=O) groups excluding carboxylic acids is 1. The van der Waals surface area contributed by atoms with Crippen molar-refractivity contribution in [3.63, 3.8) is 0 Å². The Bertz CT molecular complexity index is 795. The molecule has 0 radical (unpaired) electrons. The molecular weight excluding hydrogens is 367 g/mol. The summed E-state index contributed by atoms with van der Waals surface area (Å²) in [4.78, 5) is 20.5. The highest BCUT2D eigenvalue weighted by Crippen LogP contribution is 2.26. The minimum absolute atomic E-state index is 0.112. The predicted octanol–water partition coefficient (Wildman–Crippen LogP) is 3.54. The van der Waals surface area contributed by atoms with Gasteiger partial charge in [0.2, 0.25) is 0 Å². The Balaban J connectivity index is 1.58. The second-order valence-electron chi connectivity index (χ2n) is 6.92. The van der Waals surface area contributed by atoms with Gasteiger partial charge >= 0.3 is 0 Å². The number of pyridine rings is 2. The molecule has 0 aliphatic carbocycles. The number of halogens is 1. The van der Waals surface area contributed by atoms with E-state index in [4.69, 9.17) is 4.74 Å². The fraction of sp³-hybridized carbons (Fsp3) is 0.421. The molecule has 1 aliphatic rings. The first-order valence-electron chi connectivity index (χ1n) is 8.85. The van der Waals surface area contributed by atoms with Crippen molar-refractivity contribution in [1.29, 1.82) is 0 Å². The van der Waals surface area contributed by atoms with Crippen molar-refractivity contribution in [2.45, 2.75) is 26.9 Å². The van der Waals surface area contributed by atoms with Gasteiger partial charge in [-0.25, -0.2) is 18.7 Å². The van der Waals surface area contributed by atoms with Crippen LogP contribution < -0.4 is 10.1 Å². The lowest BCUT2D eigenvalue weighted by atomic mass is 10.2. The Kier molecular flexibility index (Phi) is 6.28. The molecule has 144 valence electrons. The molecule has 6 nitrogen and oxygen atoms in total. The lowest BCUT2D eigenvalue weighted by Gasteiger charge is -2.38. The second kappa shape index (κ2) is 8.67. The molecule has 3 rings (SSSR count). The summed E-state index contributed by atoms with van der Waals surface area (Å²) in [6, 6.07) is 6.07. The normalized spacial score (nSPS) is 14.9. The molecule has 1 N–H and O–H groups in total. The Morgan fingerprint density at radius 3 is 2.85 bits per heavy atom. The average Bonchev–Trinajstić information content (AvgIpc) is 2.58. The van der Waals surface area contributed by atoms with Crippen molar-refractivity contribution in [3.8, 4) is 5.75 Å². The maximum atomic E-state index is 12.9. The van der Waals surface area contributed by atoms with E-state index < -0.39 is 11.7 Å². The Morgan fingerprint density at radius 1 is 1.41 bits per heavy atom. The van der Waals surface area contributed by atoms with E-state index in [1.54, 1.807) is 6.07 Å². The standard InChI is InChI=1S/C19H23FN4O2S/c1-12(2)11-27-24-9-16(10-24)26-15-6-13(3)22-17(7-15)19(25)23-18-5-4-14(20)8-21-18/h4-8,12,16H,9-11H2,1-3H3,(H,21,23,25). The maximum absolute atomic E-state index is 12.9. The van der Waals surface area contributed by atoms with Crippen LogP contribution in [0.25, 0.3) is 0 Å². The molecule has 1 aliphatic heterocycles. The third-order valence-electron chi connectivity index (χ3n) is 3.84. The number of nitrogens with zero attached hydrogens (tertiary/aromatic N) is 3. The van der Waals surface area contributed by atoms with Crippen LogP contribution in [0.1, 0.15) is 30.0 Å². The van der Waals surface area contributed by atoms with E-state index in [1.807, 2.05) is 24.9 Å². The summed E-state index contributed by atoms with van der Waals surface area (Å²) in [5.74, 6) is 1.78. The molecule has 0 aromatic carbocycles. The number of amides is 1. The molecule has 2 aromatic heterocycles. The zero-order valence-corrected chi connectivity index (χ0v) is 16.4. The molecule has 0 unspecified atom stereocenters. The maximum Gasteiger partial charge on any atom is 0.275 e. The third-order valence-corrected chi connectivity index (χ3v) is 5.32. The summed E-state index contributed by atoms with van der Waals surface area (Å²) in [6.07, 6.45) is 1.16. The highest BCUT2D eigenvalue weighted by atomic mass is 32.2. The van der Waals surface area contributed by atoms with Crippen molar-refractivity contribution < 1.29 is 13.9 Å². The van der Waals surface area contributed by atoms with E-state index >= 15 is 0 Å². The molecule has 1 fully saturated rings. The fourth-order valence-corrected chi connectivity index (χ4v) is 3.53. The lowest BCUT2D eigenvalue weighted by molar-refractivity contribution is 0.0831. The van der Waals surface area contributed by atoms with Gasteiger partial charge in [0.25, 0.3) is 5.91 Å². The molecule has 0 spiro atoms. The number of nitrogens with one attached hydrogen (secondary N) is 1. The highest BCUT2D eigenvalue weighted by Gasteiger charge is 2.29.